The maximum absolute atomic E-state index is 14.2. The molecule has 0 saturated carbocycles. The Morgan fingerprint density at radius 3 is 2.18 bits per heavy atom. The van der Waals surface area contributed by atoms with Crippen LogP contribution in [-0.2, 0) is 4.79 Å². The molecule has 0 N–H and O–H groups in total. The van der Waals surface area contributed by atoms with Gasteiger partial charge in [0.2, 0.25) is 0 Å². The Kier molecular flexibility index (Phi) is 4.27. The molecule has 1 fully saturated rings. The minimum Gasteiger partial charge on any atom is -0.352 e. The van der Waals surface area contributed by atoms with E-state index in [9.17, 15) is 14.4 Å². The van der Waals surface area contributed by atoms with Gasteiger partial charge in [0.15, 0.2) is 17.3 Å². The highest BCUT2D eigenvalue weighted by Crippen LogP contribution is 2.60. The fraction of sp³-hybridized carbons (Fsp3) is 0.179. The van der Waals surface area contributed by atoms with Crippen LogP contribution in [0.3, 0.4) is 0 Å². The number of hydrogen-bond acceptors (Lipinski definition) is 4. The van der Waals surface area contributed by atoms with E-state index in [2.05, 4.69) is 0 Å². The summed E-state index contributed by atoms with van der Waals surface area (Å²) in [4.78, 5) is 43.6. The molecular weight excluding hydrogens is 434 g/mol. The number of halogens is 1. The van der Waals surface area contributed by atoms with Gasteiger partial charge >= 0.3 is 0 Å². The van der Waals surface area contributed by atoms with Crippen LogP contribution in [0.5, 0.6) is 0 Å². The minimum atomic E-state index is -1.42. The summed E-state index contributed by atoms with van der Waals surface area (Å²) in [5.74, 6) is -1.13. The van der Waals surface area contributed by atoms with Gasteiger partial charge in [0.05, 0.1) is 12.1 Å². The van der Waals surface area contributed by atoms with Crippen LogP contribution in [0.15, 0.2) is 78.9 Å². The van der Waals surface area contributed by atoms with Crippen molar-refractivity contribution in [1.82, 2.24) is 0 Å². The van der Waals surface area contributed by atoms with Gasteiger partial charge in [-0.3, -0.25) is 14.4 Å². The highest BCUT2D eigenvalue weighted by Gasteiger charge is 2.71. The Balaban J connectivity index is 1.68. The van der Waals surface area contributed by atoms with Crippen molar-refractivity contribution >= 4 is 40.7 Å². The van der Waals surface area contributed by atoms with Crippen LogP contribution >= 0.6 is 11.6 Å². The van der Waals surface area contributed by atoms with E-state index in [-0.39, 0.29) is 17.3 Å². The van der Waals surface area contributed by atoms with Crippen LogP contribution in [0, 0.1) is 5.41 Å². The first-order chi connectivity index (χ1) is 16.0. The first-order valence-electron chi connectivity index (χ1n) is 11.0. The molecule has 3 aromatic rings. The summed E-state index contributed by atoms with van der Waals surface area (Å²) in [5.41, 5.74) is 1.93. The fourth-order valence-corrected chi connectivity index (χ4v) is 6.31. The lowest BCUT2D eigenvalue weighted by Crippen LogP contribution is -2.48. The van der Waals surface area contributed by atoms with Crippen molar-refractivity contribution in [2.45, 2.75) is 24.9 Å². The molecule has 4 nitrogen and oxygen atoms in total. The maximum Gasteiger partial charge on any atom is 0.180 e. The molecule has 0 bridgehead atoms. The summed E-state index contributed by atoms with van der Waals surface area (Å²) < 4.78 is 0. The highest BCUT2D eigenvalue weighted by atomic mass is 35.5. The number of hydrogen-bond donors (Lipinski definition) is 0. The van der Waals surface area contributed by atoms with Gasteiger partial charge in [-0.25, -0.2) is 0 Å². The van der Waals surface area contributed by atoms with Crippen molar-refractivity contribution in [3.63, 3.8) is 0 Å². The first kappa shape index (κ1) is 20.1. The fourth-order valence-electron chi connectivity index (χ4n) is 6.13. The van der Waals surface area contributed by atoms with Crippen molar-refractivity contribution in [3.8, 4) is 0 Å². The molecule has 3 aromatic carbocycles. The number of ketones is 3. The average molecular weight is 454 g/mol. The van der Waals surface area contributed by atoms with Gasteiger partial charge in [0, 0.05) is 27.8 Å². The SMILES string of the molecule is CC(=O)[C@H]1[C@H](c2ccccc2)C2(C(=O)c3ccccc3C2=O)[C@@H]2C=Cc3cc(Cl)ccc3N21. The molecule has 3 atom stereocenters. The molecule has 1 spiro atoms. The first-order valence-corrected chi connectivity index (χ1v) is 11.3. The van der Waals surface area contributed by atoms with Crippen molar-refractivity contribution < 1.29 is 14.4 Å². The molecule has 0 radical (unpaired) electrons. The summed E-state index contributed by atoms with van der Waals surface area (Å²) in [6.45, 7) is 1.54. The lowest BCUT2D eigenvalue weighted by atomic mass is 9.64. The van der Waals surface area contributed by atoms with E-state index in [4.69, 9.17) is 11.6 Å². The van der Waals surface area contributed by atoms with Crippen molar-refractivity contribution in [3.05, 3.63) is 106 Å². The molecule has 2 heterocycles. The number of anilines is 1. The lowest BCUT2D eigenvalue weighted by Gasteiger charge is -2.37. The summed E-state index contributed by atoms with van der Waals surface area (Å²) in [5, 5.41) is 0.588. The average Bonchev–Trinajstić information content (AvgIpc) is 3.26. The van der Waals surface area contributed by atoms with E-state index in [0.717, 1.165) is 16.8 Å². The topological polar surface area (TPSA) is 54.5 Å². The highest BCUT2D eigenvalue weighted by molar-refractivity contribution is 6.32. The van der Waals surface area contributed by atoms with E-state index in [0.29, 0.717) is 16.1 Å². The van der Waals surface area contributed by atoms with Crippen LogP contribution in [-0.4, -0.2) is 29.4 Å². The second-order valence-corrected chi connectivity index (χ2v) is 9.37. The largest absolute Gasteiger partial charge is 0.352 e. The molecule has 0 aromatic heterocycles. The number of nitrogens with zero attached hydrogens (tertiary/aromatic N) is 1. The zero-order valence-corrected chi connectivity index (χ0v) is 18.6. The second-order valence-electron chi connectivity index (χ2n) is 8.93. The van der Waals surface area contributed by atoms with Gasteiger partial charge in [-0.15, -0.1) is 0 Å². The Hall–Kier alpha value is -3.50. The number of Topliss-reactive ketones (excluding diaryl/α,β-unsaturated/α-hetero) is 3. The zero-order chi connectivity index (χ0) is 22.9. The number of fused-ring (bicyclic) bond motifs is 5. The van der Waals surface area contributed by atoms with Gasteiger partial charge in [-0.2, -0.15) is 0 Å². The van der Waals surface area contributed by atoms with Crippen LogP contribution in [0.2, 0.25) is 5.02 Å². The monoisotopic (exact) mass is 453 g/mol. The zero-order valence-electron chi connectivity index (χ0n) is 17.9. The third-order valence-electron chi connectivity index (χ3n) is 7.34. The van der Waals surface area contributed by atoms with Crippen molar-refractivity contribution in [2.75, 3.05) is 4.90 Å². The third-order valence-corrected chi connectivity index (χ3v) is 7.58. The third kappa shape index (κ3) is 2.50. The number of carbonyl (C=O) groups is 3. The minimum absolute atomic E-state index is 0.0847. The molecular formula is C28H20ClNO3. The van der Waals surface area contributed by atoms with Gasteiger partial charge in [0.25, 0.3) is 0 Å². The molecule has 162 valence electrons. The number of benzene rings is 3. The Bertz CT molecular complexity index is 1340. The van der Waals surface area contributed by atoms with E-state index in [1.807, 2.05) is 59.5 Å². The second kappa shape index (κ2) is 7.00. The van der Waals surface area contributed by atoms with E-state index in [1.54, 1.807) is 37.3 Å². The van der Waals surface area contributed by atoms with E-state index in [1.165, 1.54) is 0 Å². The molecule has 1 aliphatic carbocycles. The smallest absolute Gasteiger partial charge is 0.180 e. The molecule has 6 rings (SSSR count). The van der Waals surface area contributed by atoms with Crippen molar-refractivity contribution in [2.24, 2.45) is 5.41 Å². The predicted molar refractivity (Wildman–Crippen MR) is 128 cm³/mol. The van der Waals surface area contributed by atoms with E-state index >= 15 is 0 Å². The molecule has 3 aliphatic rings. The quantitative estimate of drug-likeness (QED) is 0.490. The van der Waals surface area contributed by atoms with Crippen LogP contribution in [0.1, 0.15) is 44.7 Å². The van der Waals surface area contributed by atoms with Crippen LogP contribution < -0.4 is 4.90 Å². The van der Waals surface area contributed by atoms with Crippen molar-refractivity contribution in [1.29, 1.82) is 0 Å². The summed E-state index contributed by atoms with van der Waals surface area (Å²) in [7, 11) is 0. The van der Waals surface area contributed by atoms with Gasteiger partial charge in [-0.05, 0) is 36.2 Å². The van der Waals surface area contributed by atoms with Crippen LogP contribution in [0.25, 0.3) is 6.08 Å². The molecule has 0 unspecified atom stereocenters. The van der Waals surface area contributed by atoms with E-state index < -0.39 is 23.4 Å². The van der Waals surface area contributed by atoms with Crippen LogP contribution in [0.4, 0.5) is 5.69 Å². The Labute approximate surface area is 196 Å². The van der Waals surface area contributed by atoms with Gasteiger partial charge in [-0.1, -0.05) is 78.4 Å². The molecule has 1 saturated heterocycles. The summed E-state index contributed by atoms with van der Waals surface area (Å²) in [6, 6.07) is 20.7. The van der Waals surface area contributed by atoms with Gasteiger partial charge in [0.1, 0.15) is 5.41 Å². The number of rotatable bonds is 2. The number of carbonyl (C=O) groups excluding carboxylic acids is 3. The normalized spacial score (nSPS) is 24.1. The molecule has 0 amide bonds. The summed E-state index contributed by atoms with van der Waals surface area (Å²) in [6.07, 6.45) is 3.82. The molecule has 33 heavy (non-hydrogen) atoms. The molecule has 5 heteroatoms. The Morgan fingerprint density at radius 2 is 1.55 bits per heavy atom. The predicted octanol–water partition coefficient (Wildman–Crippen LogP) is 5.36. The lowest BCUT2D eigenvalue weighted by molar-refractivity contribution is -0.118. The molecule has 2 aliphatic heterocycles. The van der Waals surface area contributed by atoms with Gasteiger partial charge < -0.3 is 4.90 Å². The maximum atomic E-state index is 14.2. The Morgan fingerprint density at radius 1 is 0.909 bits per heavy atom. The summed E-state index contributed by atoms with van der Waals surface area (Å²) >= 11 is 6.24. The standard InChI is InChI=1S/C28H20ClNO3/c1-16(31)25-24(17-7-3-2-4-8-17)28(26(32)20-9-5-6-10-21(20)27(28)33)23-14-11-18-15-19(29)12-13-22(18)30(23)25/h2-15,23-25H,1H3/t23-,24-,25-/m0/s1.